The molecule has 10 heteroatoms. The highest BCUT2D eigenvalue weighted by atomic mass is 32.1. The molecule has 1 saturated heterocycles. The van der Waals surface area contributed by atoms with Crippen LogP contribution in [0.1, 0.15) is 51.5 Å². The molecule has 1 aromatic carbocycles. The first-order valence-electron chi connectivity index (χ1n) is 12.1. The number of fused-ring (bicyclic) bond motifs is 1. The van der Waals surface area contributed by atoms with Crippen molar-refractivity contribution in [1.82, 2.24) is 19.9 Å². The van der Waals surface area contributed by atoms with Gasteiger partial charge in [0.05, 0.1) is 5.92 Å². The highest BCUT2D eigenvalue weighted by Gasteiger charge is 2.27. The maximum atomic E-state index is 13.1. The number of anilines is 2. The molecule has 186 valence electrons. The van der Waals surface area contributed by atoms with E-state index >= 15 is 0 Å². The van der Waals surface area contributed by atoms with E-state index in [4.69, 9.17) is 0 Å². The molecule has 35 heavy (non-hydrogen) atoms. The number of hydrogen-bond acceptors (Lipinski definition) is 7. The maximum absolute atomic E-state index is 13.1. The molecule has 0 spiro atoms. The van der Waals surface area contributed by atoms with Gasteiger partial charge in [-0.3, -0.25) is 19.0 Å². The van der Waals surface area contributed by atoms with Gasteiger partial charge in [0, 0.05) is 25.3 Å². The molecule has 4 rings (SSSR count). The minimum Gasteiger partial charge on any atom is -0.356 e. The van der Waals surface area contributed by atoms with Crippen molar-refractivity contribution in [3.63, 3.8) is 0 Å². The molecular formula is C25H32N6O3S. The molecule has 0 aliphatic carbocycles. The summed E-state index contributed by atoms with van der Waals surface area (Å²) in [4.78, 5) is 49.1. The van der Waals surface area contributed by atoms with Gasteiger partial charge in [-0.05, 0) is 42.9 Å². The maximum Gasteiger partial charge on any atom is 0.273 e. The van der Waals surface area contributed by atoms with Crippen molar-refractivity contribution in [2.24, 2.45) is 5.92 Å². The van der Waals surface area contributed by atoms with Gasteiger partial charge in [-0.2, -0.15) is 4.98 Å². The van der Waals surface area contributed by atoms with Gasteiger partial charge in [-0.25, -0.2) is 4.98 Å². The average Bonchev–Trinajstić information content (AvgIpc) is 3.30. The van der Waals surface area contributed by atoms with E-state index in [0.717, 1.165) is 31.4 Å². The molecule has 0 bridgehead atoms. The van der Waals surface area contributed by atoms with Gasteiger partial charge in [-0.15, -0.1) is 0 Å². The quantitative estimate of drug-likeness (QED) is 0.495. The van der Waals surface area contributed by atoms with Crippen LogP contribution < -0.4 is 21.1 Å². The van der Waals surface area contributed by atoms with Crippen molar-refractivity contribution < 1.29 is 9.59 Å². The third-order valence-electron chi connectivity index (χ3n) is 6.14. The van der Waals surface area contributed by atoms with Crippen LogP contribution in [0.2, 0.25) is 0 Å². The number of hydrogen-bond donors (Lipinski definition) is 2. The van der Waals surface area contributed by atoms with E-state index in [9.17, 15) is 14.4 Å². The summed E-state index contributed by atoms with van der Waals surface area (Å²) >= 11 is 1.27. The Morgan fingerprint density at radius 1 is 1.29 bits per heavy atom. The van der Waals surface area contributed by atoms with Gasteiger partial charge in [0.2, 0.25) is 11.8 Å². The second-order valence-corrected chi connectivity index (χ2v) is 10.2. The largest absolute Gasteiger partial charge is 0.356 e. The molecule has 0 unspecified atom stereocenters. The van der Waals surface area contributed by atoms with Gasteiger partial charge < -0.3 is 15.5 Å². The number of piperidine rings is 1. The normalized spacial score (nSPS) is 16.0. The topological polar surface area (TPSA) is 109 Å². The lowest BCUT2D eigenvalue weighted by Crippen LogP contribution is -2.43. The zero-order valence-electron chi connectivity index (χ0n) is 20.4. The Morgan fingerprint density at radius 3 is 2.89 bits per heavy atom. The summed E-state index contributed by atoms with van der Waals surface area (Å²) in [7, 11) is 0. The van der Waals surface area contributed by atoms with E-state index in [-0.39, 0.29) is 29.8 Å². The van der Waals surface area contributed by atoms with Crippen LogP contribution in [0, 0.1) is 5.92 Å². The first kappa shape index (κ1) is 24.8. The standard InChI is InChI=1S/C25H32N6O3S/c1-4-10-26-23(33)18-8-6-11-30(13-18)25-29-22-21(35-25)24(34)31(15-27-22)14-20(32)28-19-9-5-7-17(12-19)16(2)3/h5,7,9,12,15-16,18H,4,6,8,10-11,13-14H2,1-3H3,(H,26,33)(H,28,32)/t18-/m1/s1. The van der Waals surface area contributed by atoms with Crippen LogP contribution in [-0.4, -0.2) is 46.0 Å². The van der Waals surface area contributed by atoms with Crippen LogP contribution in [0.25, 0.3) is 10.3 Å². The highest BCUT2D eigenvalue weighted by Crippen LogP contribution is 2.29. The molecule has 0 saturated carbocycles. The Kier molecular flexibility index (Phi) is 7.80. The van der Waals surface area contributed by atoms with E-state index in [1.165, 1.54) is 22.2 Å². The van der Waals surface area contributed by atoms with Gasteiger partial charge in [0.25, 0.3) is 5.56 Å². The third kappa shape index (κ3) is 5.87. The molecule has 1 fully saturated rings. The summed E-state index contributed by atoms with van der Waals surface area (Å²) in [6.45, 7) is 8.11. The fourth-order valence-corrected chi connectivity index (χ4v) is 5.18. The summed E-state index contributed by atoms with van der Waals surface area (Å²) in [6.07, 6.45) is 4.00. The predicted octanol–water partition coefficient (Wildman–Crippen LogP) is 3.36. The minimum absolute atomic E-state index is 0.0723. The smallest absolute Gasteiger partial charge is 0.273 e. The Morgan fingerprint density at radius 2 is 2.11 bits per heavy atom. The third-order valence-corrected chi connectivity index (χ3v) is 7.23. The van der Waals surface area contributed by atoms with Crippen molar-refractivity contribution in [3.05, 3.63) is 46.5 Å². The molecule has 0 radical (unpaired) electrons. The summed E-state index contributed by atoms with van der Waals surface area (Å²) in [6, 6.07) is 7.70. The molecule has 1 aliphatic heterocycles. The molecule has 3 aromatic rings. The summed E-state index contributed by atoms with van der Waals surface area (Å²) < 4.78 is 1.72. The number of thiazole rings is 1. The second kappa shape index (κ2) is 11.0. The van der Waals surface area contributed by atoms with Crippen LogP contribution >= 0.6 is 11.3 Å². The van der Waals surface area contributed by atoms with Crippen LogP contribution in [-0.2, 0) is 16.1 Å². The fraction of sp³-hybridized carbons (Fsp3) is 0.480. The van der Waals surface area contributed by atoms with Gasteiger partial charge in [-0.1, -0.05) is 44.2 Å². The first-order chi connectivity index (χ1) is 16.9. The molecule has 9 nitrogen and oxygen atoms in total. The highest BCUT2D eigenvalue weighted by molar-refractivity contribution is 7.22. The Labute approximate surface area is 208 Å². The van der Waals surface area contributed by atoms with Crippen molar-refractivity contribution in [2.45, 2.75) is 52.5 Å². The van der Waals surface area contributed by atoms with E-state index in [2.05, 4.69) is 39.3 Å². The Hall–Kier alpha value is -3.27. The average molecular weight is 497 g/mol. The van der Waals surface area contributed by atoms with Crippen LogP contribution in [0.3, 0.4) is 0 Å². The molecule has 1 atom stereocenters. The van der Waals surface area contributed by atoms with Gasteiger partial charge >= 0.3 is 0 Å². The zero-order chi connectivity index (χ0) is 24.9. The summed E-state index contributed by atoms with van der Waals surface area (Å²) in [5, 5.41) is 6.52. The van der Waals surface area contributed by atoms with Crippen molar-refractivity contribution >= 4 is 44.3 Å². The lowest BCUT2D eigenvalue weighted by atomic mass is 9.97. The van der Waals surface area contributed by atoms with E-state index in [1.54, 1.807) is 0 Å². The van der Waals surface area contributed by atoms with E-state index in [0.29, 0.717) is 40.2 Å². The number of carbonyl (C=O) groups excluding carboxylic acids is 2. The lowest BCUT2D eigenvalue weighted by molar-refractivity contribution is -0.125. The van der Waals surface area contributed by atoms with Crippen molar-refractivity contribution in [1.29, 1.82) is 0 Å². The SMILES string of the molecule is CCCNC(=O)[C@@H]1CCCN(c2nc3ncn(CC(=O)Nc4cccc(C(C)C)c4)c(=O)c3s2)C1. The van der Waals surface area contributed by atoms with Crippen LogP contribution in [0.5, 0.6) is 0 Å². The zero-order valence-corrected chi connectivity index (χ0v) is 21.2. The summed E-state index contributed by atoms with van der Waals surface area (Å²) in [5.74, 6) is 0.0336. The molecule has 2 N–H and O–H groups in total. The Bertz CT molecular complexity index is 1270. The fourth-order valence-electron chi connectivity index (χ4n) is 4.17. The van der Waals surface area contributed by atoms with Crippen molar-refractivity contribution in [2.75, 3.05) is 29.9 Å². The monoisotopic (exact) mass is 496 g/mol. The molecule has 2 aromatic heterocycles. The number of amides is 2. The number of carbonyl (C=O) groups is 2. The number of rotatable bonds is 8. The van der Waals surface area contributed by atoms with E-state index < -0.39 is 0 Å². The van der Waals surface area contributed by atoms with Gasteiger partial charge in [0.15, 0.2) is 10.8 Å². The summed E-state index contributed by atoms with van der Waals surface area (Å²) in [5.41, 5.74) is 1.90. The second-order valence-electron chi connectivity index (χ2n) is 9.23. The number of aromatic nitrogens is 3. The van der Waals surface area contributed by atoms with Crippen LogP contribution in [0.15, 0.2) is 35.4 Å². The molecular weight excluding hydrogens is 464 g/mol. The number of nitrogens with zero attached hydrogens (tertiary/aromatic N) is 4. The lowest BCUT2D eigenvalue weighted by Gasteiger charge is -2.31. The molecule has 1 aliphatic rings. The molecule has 3 heterocycles. The Balaban J connectivity index is 1.47. The first-order valence-corrected chi connectivity index (χ1v) is 13.0. The van der Waals surface area contributed by atoms with E-state index in [1.807, 2.05) is 31.2 Å². The minimum atomic E-state index is -0.296. The predicted molar refractivity (Wildman–Crippen MR) is 139 cm³/mol. The number of benzene rings is 1. The van der Waals surface area contributed by atoms with Crippen LogP contribution in [0.4, 0.5) is 10.8 Å². The van der Waals surface area contributed by atoms with Gasteiger partial charge in [0.1, 0.15) is 17.6 Å². The van der Waals surface area contributed by atoms with Crippen molar-refractivity contribution in [3.8, 4) is 0 Å². The number of nitrogens with one attached hydrogen (secondary N) is 2. The molecule has 2 amide bonds.